The predicted molar refractivity (Wildman–Crippen MR) is 68.0 cm³/mol. The van der Waals surface area contributed by atoms with E-state index in [1.807, 2.05) is 0 Å². The molecule has 0 aromatic carbocycles. The molecule has 0 bridgehead atoms. The SMILES string of the molecule is Cn1cc2cc([N+](=O)[O-])c(N3CC[C@H](O)C3)nc2n1. The lowest BCUT2D eigenvalue weighted by molar-refractivity contribution is -0.384. The Morgan fingerprint density at radius 3 is 3.00 bits per heavy atom. The summed E-state index contributed by atoms with van der Waals surface area (Å²) in [5.74, 6) is 0.285. The number of aromatic nitrogens is 3. The van der Waals surface area contributed by atoms with Crippen LogP contribution in [0.5, 0.6) is 0 Å². The summed E-state index contributed by atoms with van der Waals surface area (Å²) in [7, 11) is 1.74. The first-order valence-electron chi connectivity index (χ1n) is 5.96. The van der Waals surface area contributed by atoms with Gasteiger partial charge in [0.2, 0.25) is 5.82 Å². The molecule has 1 N–H and O–H groups in total. The third-order valence-corrected chi connectivity index (χ3v) is 3.23. The number of anilines is 1. The van der Waals surface area contributed by atoms with Crippen LogP contribution in [0.1, 0.15) is 6.42 Å². The van der Waals surface area contributed by atoms with Crippen molar-refractivity contribution in [2.75, 3.05) is 18.0 Å². The van der Waals surface area contributed by atoms with E-state index in [1.165, 1.54) is 6.07 Å². The molecule has 3 heterocycles. The van der Waals surface area contributed by atoms with E-state index in [0.717, 1.165) is 0 Å². The Kier molecular flexibility index (Phi) is 2.59. The molecule has 1 aliphatic rings. The summed E-state index contributed by atoms with van der Waals surface area (Å²) in [6, 6.07) is 1.48. The molecule has 1 saturated heterocycles. The molecule has 0 saturated carbocycles. The van der Waals surface area contributed by atoms with E-state index in [1.54, 1.807) is 22.8 Å². The van der Waals surface area contributed by atoms with Gasteiger partial charge >= 0.3 is 5.69 Å². The zero-order chi connectivity index (χ0) is 13.6. The second-order valence-electron chi connectivity index (χ2n) is 4.69. The second-order valence-corrected chi connectivity index (χ2v) is 4.69. The quantitative estimate of drug-likeness (QED) is 0.624. The number of aryl methyl sites for hydroxylation is 1. The molecule has 3 rings (SSSR count). The molecule has 1 atom stereocenters. The highest BCUT2D eigenvalue weighted by Gasteiger charge is 2.28. The number of nitrogens with zero attached hydrogens (tertiary/aromatic N) is 5. The third-order valence-electron chi connectivity index (χ3n) is 3.23. The van der Waals surface area contributed by atoms with Crippen LogP contribution in [0.4, 0.5) is 11.5 Å². The van der Waals surface area contributed by atoms with E-state index in [0.29, 0.717) is 30.5 Å². The highest BCUT2D eigenvalue weighted by Crippen LogP contribution is 2.31. The zero-order valence-electron chi connectivity index (χ0n) is 10.4. The van der Waals surface area contributed by atoms with Gasteiger partial charge in [-0.2, -0.15) is 5.10 Å². The molecule has 1 aliphatic heterocycles. The summed E-state index contributed by atoms with van der Waals surface area (Å²) >= 11 is 0. The number of hydrogen-bond acceptors (Lipinski definition) is 6. The van der Waals surface area contributed by atoms with E-state index in [9.17, 15) is 15.2 Å². The van der Waals surface area contributed by atoms with Crippen LogP contribution in [0.2, 0.25) is 0 Å². The van der Waals surface area contributed by atoms with Gasteiger partial charge in [-0.1, -0.05) is 0 Å². The largest absolute Gasteiger partial charge is 0.391 e. The number of hydrogen-bond donors (Lipinski definition) is 1. The number of fused-ring (bicyclic) bond motifs is 1. The van der Waals surface area contributed by atoms with Gasteiger partial charge in [0.1, 0.15) is 0 Å². The van der Waals surface area contributed by atoms with Crippen molar-refractivity contribution < 1.29 is 10.0 Å². The highest BCUT2D eigenvalue weighted by molar-refractivity contribution is 5.81. The lowest BCUT2D eigenvalue weighted by Gasteiger charge is -2.15. The van der Waals surface area contributed by atoms with Crippen LogP contribution in [-0.4, -0.2) is 44.0 Å². The average Bonchev–Trinajstić information content (AvgIpc) is 2.91. The zero-order valence-corrected chi connectivity index (χ0v) is 10.4. The van der Waals surface area contributed by atoms with E-state index in [-0.39, 0.29) is 11.5 Å². The smallest absolute Gasteiger partial charge is 0.312 e. The van der Waals surface area contributed by atoms with Gasteiger partial charge in [0, 0.05) is 37.8 Å². The molecule has 2 aromatic heterocycles. The normalized spacial score (nSPS) is 19.3. The highest BCUT2D eigenvalue weighted by atomic mass is 16.6. The maximum Gasteiger partial charge on any atom is 0.312 e. The summed E-state index contributed by atoms with van der Waals surface area (Å²) in [5.41, 5.74) is 0.430. The molecule has 0 amide bonds. The maximum absolute atomic E-state index is 11.2. The summed E-state index contributed by atoms with van der Waals surface area (Å²) in [4.78, 5) is 16.7. The molecular formula is C11H13N5O3. The van der Waals surface area contributed by atoms with Gasteiger partial charge in [0.25, 0.3) is 0 Å². The van der Waals surface area contributed by atoms with E-state index < -0.39 is 11.0 Å². The molecule has 2 aromatic rings. The molecule has 0 aliphatic carbocycles. The monoisotopic (exact) mass is 263 g/mol. The number of β-amino-alcohol motifs (C(OH)–C–C–N with tert-alkyl or cyclic N) is 1. The third kappa shape index (κ3) is 1.99. The number of aliphatic hydroxyl groups excluding tert-OH is 1. The van der Waals surface area contributed by atoms with Crippen molar-refractivity contribution in [3.8, 4) is 0 Å². The molecule has 100 valence electrons. The van der Waals surface area contributed by atoms with Crippen molar-refractivity contribution >= 4 is 22.5 Å². The number of pyridine rings is 1. The Morgan fingerprint density at radius 1 is 1.58 bits per heavy atom. The van der Waals surface area contributed by atoms with E-state index >= 15 is 0 Å². The van der Waals surface area contributed by atoms with E-state index in [2.05, 4.69) is 10.1 Å². The molecule has 1 fully saturated rings. The van der Waals surface area contributed by atoms with Crippen molar-refractivity contribution in [2.24, 2.45) is 7.05 Å². The number of rotatable bonds is 2. The first-order valence-corrected chi connectivity index (χ1v) is 5.96. The van der Waals surface area contributed by atoms with E-state index in [4.69, 9.17) is 0 Å². The topological polar surface area (TPSA) is 97.3 Å². The van der Waals surface area contributed by atoms with Crippen LogP contribution in [0.3, 0.4) is 0 Å². The Morgan fingerprint density at radius 2 is 2.37 bits per heavy atom. The first kappa shape index (κ1) is 11.8. The summed E-state index contributed by atoms with van der Waals surface area (Å²) in [6.07, 6.45) is 1.83. The average molecular weight is 263 g/mol. The van der Waals surface area contributed by atoms with Gasteiger partial charge in [-0.3, -0.25) is 14.8 Å². The van der Waals surface area contributed by atoms with Gasteiger partial charge < -0.3 is 10.0 Å². The summed E-state index contributed by atoms with van der Waals surface area (Å²) < 4.78 is 1.57. The first-order chi connectivity index (χ1) is 9.04. The molecule has 0 radical (unpaired) electrons. The number of aliphatic hydroxyl groups is 1. The standard InChI is InChI=1S/C11H13N5O3/c1-14-5-7-4-9(16(18)19)11(12-10(7)13-14)15-3-2-8(17)6-15/h4-5,8,17H,2-3,6H2,1H3/t8-/m0/s1. The van der Waals surface area contributed by atoms with Crippen molar-refractivity contribution in [3.05, 3.63) is 22.4 Å². The van der Waals surface area contributed by atoms with Crippen molar-refractivity contribution in [1.82, 2.24) is 14.8 Å². The summed E-state index contributed by atoms with van der Waals surface area (Å²) in [6.45, 7) is 0.930. The van der Waals surface area contributed by atoms with Gasteiger partial charge in [-0.25, -0.2) is 4.98 Å². The minimum atomic E-state index is -0.458. The van der Waals surface area contributed by atoms with Crippen LogP contribution >= 0.6 is 0 Å². The minimum Gasteiger partial charge on any atom is -0.391 e. The molecular weight excluding hydrogens is 250 g/mol. The fraction of sp³-hybridized carbons (Fsp3) is 0.455. The molecule has 8 heteroatoms. The van der Waals surface area contributed by atoms with Crippen LogP contribution < -0.4 is 4.90 Å². The number of nitro groups is 1. The Bertz CT molecular complexity index is 653. The van der Waals surface area contributed by atoms with Crippen LogP contribution in [0, 0.1) is 10.1 Å². The van der Waals surface area contributed by atoms with Gasteiger partial charge in [-0.15, -0.1) is 0 Å². The maximum atomic E-state index is 11.2. The van der Waals surface area contributed by atoms with Crippen LogP contribution in [0.25, 0.3) is 11.0 Å². The van der Waals surface area contributed by atoms with Crippen molar-refractivity contribution in [2.45, 2.75) is 12.5 Å². The Hall–Kier alpha value is -2.22. The molecule has 0 spiro atoms. The second kappa shape index (κ2) is 4.16. The lowest BCUT2D eigenvalue weighted by atomic mass is 10.3. The Balaban J connectivity index is 2.14. The van der Waals surface area contributed by atoms with Gasteiger partial charge in [0.05, 0.1) is 11.0 Å². The van der Waals surface area contributed by atoms with Crippen LogP contribution in [0.15, 0.2) is 12.3 Å². The molecule has 19 heavy (non-hydrogen) atoms. The summed E-state index contributed by atoms with van der Waals surface area (Å²) in [5, 5.41) is 25.5. The predicted octanol–water partition coefficient (Wildman–Crippen LogP) is 0.447. The van der Waals surface area contributed by atoms with Crippen LogP contribution in [-0.2, 0) is 7.05 Å². The van der Waals surface area contributed by atoms with Crippen molar-refractivity contribution in [3.63, 3.8) is 0 Å². The van der Waals surface area contributed by atoms with Crippen molar-refractivity contribution in [1.29, 1.82) is 0 Å². The fourth-order valence-corrected chi connectivity index (χ4v) is 2.35. The Labute approximate surface area is 108 Å². The fourth-order valence-electron chi connectivity index (χ4n) is 2.35. The van der Waals surface area contributed by atoms with Gasteiger partial charge in [0.15, 0.2) is 5.65 Å². The lowest BCUT2D eigenvalue weighted by Crippen LogP contribution is -2.23. The van der Waals surface area contributed by atoms with Gasteiger partial charge in [-0.05, 0) is 6.42 Å². The molecule has 8 nitrogen and oxygen atoms in total. The molecule has 0 unspecified atom stereocenters. The minimum absolute atomic E-state index is 0.0467.